The van der Waals surface area contributed by atoms with Crippen LogP contribution in [0.5, 0.6) is 0 Å². The molecule has 0 spiro atoms. The molecule has 20 heavy (non-hydrogen) atoms. The Balaban J connectivity index is 3.44. The van der Waals surface area contributed by atoms with Crippen LogP contribution in [-0.4, -0.2) is 66.6 Å². The van der Waals surface area contributed by atoms with Gasteiger partial charge >= 0.3 is 0 Å². The third kappa shape index (κ3) is 10.0. The van der Waals surface area contributed by atoms with Crippen molar-refractivity contribution in [2.75, 3.05) is 39.8 Å². The first-order valence-electron chi connectivity index (χ1n) is 6.57. The number of nitro groups is 1. The van der Waals surface area contributed by atoms with Gasteiger partial charge in [-0.05, 0) is 12.8 Å². The lowest BCUT2D eigenvalue weighted by molar-refractivity contribution is -0.565. The van der Waals surface area contributed by atoms with E-state index in [1.165, 1.54) is 13.8 Å². The summed E-state index contributed by atoms with van der Waals surface area (Å²) in [7, 11) is 0. The van der Waals surface area contributed by atoms with E-state index in [1.807, 2.05) is 0 Å². The Morgan fingerprint density at radius 3 is 2.45 bits per heavy atom. The number of rotatable bonds is 13. The van der Waals surface area contributed by atoms with Crippen LogP contribution in [0, 0.1) is 10.1 Å². The molecule has 0 aliphatic carbocycles. The Morgan fingerprint density at radius 2 is 1.85 bits per heavy atom. The summed E-state index contributed by atoms with van der Waals surface area (Å²) in [6.07, 6.45) is 0.645. The van der Waals surface area contributed by atoms with Crippen molar-refractivity contribution in [3.05, 3.63) is 10.1 Å². The average molecular weight is 295 g/mol. The molecule has 1 atom stereocenters. The van der Waals surface area contributed by atoms with Crippen molar-refractivity contribution in [2.45, 2.75) is 38.3 Å². The van der Waals surface area contributed by atoms with Crippen molar-refractivity contribution in [1.29, 1.82) is 0 Å². The molecule has 8 nitrogen and oxygen atoms in total. The van der Waals surface area contributed by atoms with Gasteiger partial charge in [0, 0.05) is 32.0 Å². The summed E-state index contributed by atoms with van der Waals surface area (Å²) in [5.74, 6) is 0. The van der Waals surface area contributed by atoms with E-state index in [1.54, 1.807) is 0 Å². The summed E-state index contributed by atoms with van der Waals surface area (Å²) in [4.78, 5) is 10.2. The van der Waals surface area contributed by atoms with Crippen molar-refractivity contribution in [3.8, 4) is 0 Å². The Kier molecular flexibility index (Phi) is 10.5. The van der Waals surface area contributed by atoms with E-state index in [9.17, 15) is 15.2 Å². The molecule has 0 saturated carbocycles. The first kappa shape index (κ1) is 19.2. The number of nitrogens with zero attached hydrogens (tertiary/aromatic N) is 1. The molecule has 0 aliphatic heterocycles. The number of aliphatic hydroxyl groups is 2. The zero-order valence-corrected chi connectivity index (χ0v) is 12.1. The summed E-state index contributed by atoms with van der Waals surface area (Å²) >= 11 is 0. The molecule has 0 heterocycles. The van der Waals surface area contributed by atoms with Crippen LogP contribution in [0.2, 0.25) is 0 Å². The Hall–Kier alpha value is -0.800. The highest BCUT2D eigenvalue weighted by molar-refractivity contribution is 4.64. The van der Waals surface area contributed by atoms with E-state index in [4.69, 9.17) is 19.3 Å². The molecule has 0 radical (unpaired) electrons. The zero-order chi connectivity index (χ0) is 15.4. The second-order valence-corrected chi connectivity index (χ2v) is 5.07. The van der Waals surface area contributed by atoms with Crippen molar-refractivity contribution in [2.24, 2.45) is 0 Å². The van der Waals surface area contributed by atoms with Crippen molar-refractivity contribution in [3.63, 3.8) is 0 Å². The van der Waals surface area contributed by atoms with E-state index < -0.39 is 16.6 Å². The van der Waals surface area contributed by atoms with Gasteiger partial charge in [-0.15, -0.1) is 0 Å². The maximum atomic E-state index is 10.6. The van der Waals surface area contributed by atoms with Crippen molar-refractivity contribution >= 4 is 0 Å². The average Bonchev–Trinajstić information content (AvgIpc) is 2.37. The third-order valence-corrected chi connectivity index (χ3v) is 2.43. The van der Waals surface area contributed by atoms with Gasteiger partial charge < -0.3 is 24.4 Å². The maximum Gasteiger partial charge on any atom is 0.239 e. The fraction of sp³-hybridized carbons (Fsp3) is 1.00. The summed E-state index contributed by atoms with van der Waals surface area (Å²) in [6, 6.07) is 0. The van der Waals surface area contributed by atoms with Crippen LogP contribution in [0.1, 0.15) is 26.7 Å². The van der Waals surface area contributed by atoms with Gasteiger partial charge in [0.15, 0.2) is 0 Å². The predicted molar refractivity (Wildman–Crippen MR) is 71.0 cm³/mol. The van der Waals surface area contributed by atoms with Crippen LogP contribution in [0.25, 0.3) is 0 Å². The molecular formula is C12H25NO7. The van der Waals surface area contributed by atoms with Gasteiger partial charge in [0.25, 0.3) is 0 Å². The molecule has 2 N–H and O–H groups in total. The topological polar surface area (TPSA) is 111 Å². The van der Waals surface area contributed by atoms with E-state index in [2.05, 4.69) is 0 Å². The monoisotopic (exact) mass is 295 g/mol. The van der Waals surface area contributed by atoms with Gasteiger partial charge in [-0.2, -0.15) is 0 Å². The normalized spacial score (nSPS) is 13.4. The van der Waals surface area contributed by atoms with Crippen LogP contribution in [-0.2, 0) is 14.2 Å². The lowest BCUT2D eigenvalue weighted by Gasteiger charge is -2.16. The molecule has 0 saturated heterocycles. The quantitative estimate of drug-likeness (QED) is 0.216. The van der Waals surface area contributed by atoms with Gasteiger partial charge in [-0.1, -0.05) is 0 Å². The van der Waals surface area contributed by atoms with E-state index >= 15 is 0 Å². The molecule has 1 unspecified atom stereocenters. The maximum absolute atomic E-state index is 10.6. The van der Waals surface area contributed by atoms with Crippen molar-refractivity contribution < 1.29 is 29.3 Å². The molecule has 0 amide bonds. The highest BCUT2D eigenvalue weighted by Crippen LogP contribution is 2.07. The third-order valence-electron chi connectivity index (χ3n) is 2.43. The van der Waals surface area contributed by atoms with Crippen LogP contribution in [0.3, 0.4) is 0 Å². The van der Waals surface area contributed by atoms with Gasteiger partial charge in [0.2, 0.25) is 5.54 Å². The molecule has 0 bridgehead atoms. The number of hydrogen-bond donors (Lipinski definition) is 2. The first-order chi connectivity index (χ1) is 9.40. The van der Waals surface area contributed by atoms with Crippen LogP contribution < -0.4 is 0 Å². The minimum absolute atomic E-state index is 0.0406. The Labute approximate surface area is 118 Å². The zero-order valence-electron chi connectivity index (χ0n) is 12.1. The number of aliphatic hydroxyl groups excluding tert-OH is 2. The number of hydrogen-bond acceptors (Lipinski definition) is 7. The van der Waals surface area contributed by atoms with Gasteiger partial charge in [-0.25, -0.2) is 0 Å². The molecule has 0 fully saturated rings. The van der Waals surface area contributed by atoms with E-state index in [0.29, 0.717) is 13.0 Å². The second kappa shape index (κ2) is 10.9. The minimum atomic E-state index is -1.15. The summed E-state index contributed by atoms with van der Waals surface area (Å²) in [5.41, 5.74) is -1.15. The molecule has 8 heteroatoms. The van der Waals surface area contributed by atoms with E-state index in [0.717, 1.165) is 6.42 Å². The highest BCUT2D eigenvalue weighted by atomic mass is 16.7. The lowest BCUT2D eigenvalue weighted by Crippen LogP contribution is -2.36. The fourth-order valence-electron chi connectivity index (χ4n) is 1.17. The number of unbranched alkanes of at least 4 members (excludes halogenated alkanes) is 1. The molecule has 0 aromatic carbocycles. The molecule has 0 aliphatic rings. The summed E-state index contributed by atoms with van der Waals surface area (Å²) in [6.45, 7) is 3.54. The first-order valence-corrected chi connectivity index (χ1v) is 6.57. The fourth-order valence-corrected chi connectivity index (χ4v) is 1.17. The Bertz CT molecular complexity index is 260. The molecule has 0 aromatic rings. The smallest absolute Gasteiger partial charge is 0.239 e. The standard InChI is InChI=1S/C12H25NO7/c1-12(2,13(16)17)9-20-10-19-8-11(15)7-18-6-4-3-5-14/h11,14-15H,3-10H2,1-2H3. The number of ether oxygens (including phenoxy) is 3. The molecule has 120 valence electrons. The van der Waals surface area contributed by atoms with Crippen LogP contribution in [0.4, 0.5) is 0 Å². The van der Waals surface area contributed by atoms with Crippen LogP contribution in [0.15, 0.2) is 0 Å². The van der Waals surface area contributed by atoms with Crippen LogP contribution >= 0.6 is 0 Å². The molecular weight excluding hydrogens is 270 g/mol. The minimum Gasteiger partial charge on any atom is -0.396 e. The largest absolute Gasteiger partial charge is 0.396 e. The Morgan fingerprint density at radius 1 is 1.20 bits per heavy atom. The van der Waals surface area contributed by atoms with Gasteiger partial charge in [0.05, 0.1) is 13.2 Å². The molecule has 0 aromatic heterocycles. The molecule has 0 rings (SSSR count). The lowest BCUT2D eigenvalue weighted by atomic mass is 10.1. The predicted octanol–water partition coefficient (Wildman–Crippen LogP) is 0.182. The van der Waals surface area contributed by atoms with Crippen molar-refractivity contribution in [1.82, 2.24) is 0 Å². The summed E-state index contributed by atoms with van der Waals surface area (Å²) < 4.78 is 15.2. The van der Waals surface area contributed by atoms with Gasteiger partial charge in [0.1, 0.15) is 19.5 Å². The van der Waals surface area contributed by atoms with Gasteiger partial charge in [-0.3, -0.25) is 10.1 Å². The summed E-state index contributed by atoms with van der Waals surface area (Å²) in [5, 5.41) is 28.6. The second-order valence-electron chi connectivity index (χ2n) is 5.07. The SMILES string of the molecule is CC(C)(COCOCC(O)COCCCCO)[N+](=O)[O-]. The van der Waals surface area contributed by atoms with E-state index in [-0.39, 0.29) is 33.2 Å². The highest BCUT2D eigenvalue weighted by Gasteiger charge is 2.30.